The van der Waals surface area contributed by atoms with Crippen molar-refractivity contribution < 1.29 is 9.53 Å². The van der Waals surface area contributed by atoms with E-state index in [0.717, 1.165) is 38.1 Å². The van der Waals surface area contributed by atoms with Gasteiger partial charge >= 0.3 is 0 Å². The Bertz CT molecular complexity index is 485. The number of rotatable bonds is 2. The van der Waals surface area contributed by atoms with Crippen molar-refractivity contribution in [2.45, 2.75) is 31.1 Å². The van der Waals surface area contributed by atoms with Crippen molar-refractivity contribution in [3.05, 3.63) is 29.8 Å². The highest BCUT2D eigenvalue weighted by Crippen LogP contribution is 2.46. The number of ketones is 1. The predicted octanol–water partition coefficient (Wildman–Crippen LogP) is 2.30. The molecule has 1 aliphatic carbocycles. The molecule has 1 saturated carbocycles. The Hall–Kier alpha value is -1.35. The number of ether oxygens (including phenoxy) is 1. The number of carbonyl (C=O) groups excluding carboxylic acids is 1. The minimum atomic E-state index is 0.0368. The molecule has 2 atom stereocenters. The van der Waals surface area contributed by atoms with Gasteiger partial charge in [0.15, 0.2) is 0 Å². The molecule has 1 aromatic rings. The lowest BCUT2D eigenvalue weighted by atomic mass is 9.59. The van der Waals surface area contributed by atoms with Crippen LogP contribution in [0.1, 0.15) is 31.2 Å². The van der Waals surface area contributed by atoms with Crippen LogP contribution in [0.25, 0.3) is 0 Å². The van der Waals surface area contributed by atoms with E-state index in [0.29, 0.717) is 18.1 Å². The molecule has 1 aliphatic heterocycles. The zero-order chi connectivity index (χ0) is 13.3. The lowest BCUT2D eigenvalue weighted by molar-refractivity contribution is -0.124. The second kappa shape index (κ2) is 4.97. The number of hydrogen-bond acceptors (Lipinski definition) is 3. The summed E-state index contributed by atoms with van der Waals surface area (Å²) in [5, 5.41) is 3.48. The van der Waals surface area contributed by atoms with Crippen LogP contribution < -0.4 is 10.1 Å². The molecule has 0 aromatic heterocycles. The van der Waals surface area contributed by atoms with Crippen LogP contribution in [0, 0.1) is 5.92 Å². The lowest BCUT2D eigenvalue weighted by Gasteiger charge is -2.47. The van der Waals surface area contributed by atoms with Crippen molar-refractivity contribution >= 4 is 5.78 Å². The number of Topliss-reactive ketones (excluding diaryl/α,β-unsaturated/α-hetero) is 1. The minimum absolute atomic E-state index is 0.0368. The monoisotopic (exact) mass is 259 g/mol. The molecule has 0 bridgehead atoms. The van der Waals surface area contributed by atoms with Gasteiger partial charge in [-0.2, -0.15) is 0 Å². The maximum Gasteiger partial charge on any atom is 0.133 e. The fraction of sp³-hybridized carbons (Fsp3) is 0.562. The molecule has 19 heavy (non-hydrogen) atoms. The quantitative estimate of drug-likeness (QED) is 0.885. The highest BCUT2D eigenvalue weighted by molar-refractivity contribution is 5.81. The number of carbonyl (C=O) groups is 1. The second-order valence-electron chi connectivity index (χ2n) is 5.79. The zero-order valence-electron chi connectivity index (χ0n) is 11.4. The van der Waals surface area contributed by atoms with Crippen molar-refractivity contribution in [1.29, 1.82) is 0 Å². The summed E-state index contributed by atoms with van der Waals surface area (Å²) in [6.07, 6.45) is 3.52. The van der Waals surface area contributed by atoms with Crippen LogP contribution in [-0.2, 0) is 10.2 Å². The lowest BCUT2D eigenvalue weighted by Crippen LogP contribution is -2.51. The zero-order valence-corrected chi connectivity index (χ0v) is 11.4. The highest BCUT2D eigenvalue weighted by atomic mass is 16.5. The summed E-state index contributed by atoms with van der Waals surface area (Å²) in [5.41, 5.74) is 1.32. The fourth-order valence-corrected chi connectivity index (χ4v) is 3.79. The van der Waals surface area contributed by atoms with Gasteiger partial charge in [-0.15, -0.1) is 0 Å². The molecule has 3 nitrogen and oxygen atoms in total. The van der Waals surface area contributed by atoms with Gasteiger partial charge in [-0.3, -0.25) is 4.79 Å². The molecular weight excluding hydrogens is 238 g/mol. The average molecular weight is 259 g/mol. The molecule has 1 saturated heterocycles. The van der Waals surface area contributed by atoms with Crippen molar-refractivity contribution in [2.24, 2.45) is 5.92 Å². The smallest absolute Gasteiger partial charge is 0.133 e. The molecule has 102 valence electrons. The fourth-order valence-electron chi connectivity index (χ4n) is 3.79. The first-order valence-electron chi connectivity index (χ1n) is 7.11. The van der Waals surface area contributed by atoms with Gasteiger partial charge in [0.1, 0.15) is 11.5 Å². The van der Waals surface area contributed by atoms with Gasteiger partial charge in [-0.25, -0.2) is 0 Å². The van der Waals surface area contributed by atoms with Gasteiger partial charge in [-0.05, 0) is 49.5 Å². The Morgan fingerprint density at radius 2 is 2.32 bits per heavy atom. The van der Waals surface area contributed by atoms with Crippen LogP contribution in [0.4, 0.5) is 0 Å². The second-order valence-corrected chi connectivity index (χ2v) is 5.79. The van der Waals surface area contributed by atoms with Gasteiger partial charge in [0.05, 0.1) is 7.11 Å². The highest BCUT2D eigenvalue weighted by Gasteiger charge is 2.46. The van der Waals surface area contributed by atoms with Crippen molar-refractivity contribution in [3.8, 4) is 5.75 Å². The SMILES string of the molecule is COc1cccc([C@]23CCNC[C@@H]2CCC(=O)C3)c1. The summed E-state index contributed by atoms with van der Waals surface area (Å²) in [4.78, 5) is 12.0. The van der Waals surface area contributed by atoms with Gasteiger partial charge in [0.25, 0.3) is 0 Å². The summed E-state index contributed by atoms with van der Waals surface area (Å²) in [6.45, 7) is 2.03. The summed E-state index contributed by atoms with van der Waals surface area (Å²) >= 11 is 0. The molecule has 1 heterocycles. The van der Waals surface area contributed by atoms with Crippen molar-refractivity contribution in [3.63, 3.8) is 0 Å². The van der Waals surface area contributed by atoms with E-state index >= 15 is 0 Å². The number of methoxy groups -OCH3 is 1. The maximum absolute atomic E-state index is 12.0. The number of benzene rings is 1. The van der Waals surface area contributed by atoms with Crippen LogP contribution in [0.2, 0.25) is 0 Å². The maximum atomic E-state index is 12.0. The minimum Gasteiger partial charge on any atom is -0.497 e. The van der Waals surface area contributed by atoms with E-state index in [9.17, 15) is 4.79 Å². The Morgan fingerprint density at radius 3 is 3.16 bits per heavy atom. The Labute approximate surface area is 114 Å². The molecular formula is C16H21NO2. The summed E-state index contributed by atoms with van der Waals surface area (Å²) in [5.74, 6) is 1.88. The average Bonchev–Trinajstić information content (AvgIpc) is 2.47. The van der Waals surface area contributed by atoms with E-state index in [1.54, 1.807) is 7.11 Å². The predicted molar refractivity (Wildman–Crippen MR) is 74.5 cm³/mol. The van der Waals surface area contributed by atoms with Crippen LogP contribution >= 0.6 is 0 Å². The molecule has 3 rings (SSSR count). The van der Waals surface area contributed by atoms with E-state index in [4.69, 9.17) is 4.74 Å². The molecule has 3 heteroatoms. The normalized spacial score (nSPS) is 30.8. The van der Waals surface area contributed by atoms with Crippen LogP contribution in [0.5, 0.6) is 5.75 Å². The summed E-state index contributed by atoms with van der Waals surface area (Å²) in [6, 6.07) is 8.30. The van der Waals surface area contributed by atoms with Gasteiger partial charge in [0, 0.05) is 18.3 Å². The number of fused-ring (bicyclic) bond motifs is 1. The molecule has 0 radical (unpaired) electrons. The van der Waals surface area contributed by atoms with E-state index in [1.807, 2.05) is 12.1 Å². The first kappa shape index (κ1) is 12.7. The van der Waals surface area contributed by atoms with Gasteiger partial charge in [-0.1, -0.05) is 12.1 Å². The molecule has 0 spiro atoms. The molecule has 1 aromatic carbocycles. The summed E-state index contributed by atoms with van der Waals surface area (Å²) < 4.78 is 5.35. The van der Waals surface area contributed by atoms with E-state index in [2.05, 4.69) is 17.4 Å². The Kier molecular flexibility index (Phi) is 3.31. The van der Waals surface area contributed by atoms with Gasteiger partial charge < -0.3 is 10.1 Å². The molecule has 0 amide bonds. The van der Waals surface area contributed by atoms with Crippen LogP contribution in [0.3, 0.4) is 0 Å². The number of nitrogens with one attached hydrogen (secondary N) is 1. The number of piperidine rings is 1. The standard InChI is InChI=1S/C16H21NO2/c1-19-15-4-2-3-12(9-15)16-7-8-17-11-13(16)5-6-14(18)10-16/h2-4,9,13,17H,5-8,10-11H2,1H3/t13-,16+/m0/s1. The van der Waals surface area contributed by atoms with Crippen LogP contribution in [0.15, 0.2) is 24.3 Å². The van der Waals surface area contributed by atoms with E-state index in [1.165, 1.54) is 5.56 Å². The third-order valence-corrected chi connectivity index (χ3v) is 4.85. The first-order chi connectivity index (χ1) is 9.24. The topological polar surface area (TPSA) is 38.3 Å². The Morgan fingerprint density at radius 1 is 1.42 bits per heavy atom. The first-order valence-corrected chi connectivity index (χ1v) is 7.11. The third kappa shape index (κ3) is 2.16. The largest absolute Gasteiger partial charge is 0.497 e. The molecule has 2 fully saturated rings. The molecule has 0 unspecified atom stereocenters. The summed E-state index contributed by atoms with van der Waals surface area (Å²) in [7, 11) is 1.70. The van der Waals surface area contributed by atoms with E-state index < -0.39 is 0 Å². The molecule has 2 aliphatic rings. The van der Waals surface area contributed by atoms with E-state index in [-0.39, 0.29) is 5.41 Å². The number of hydrogen-bond donors (Lipinski definition) is 1. The van der Waals surface area contributed by atoms with Crippen LogP contribution in [-0.4, -0.2) is 26.0 Å². The van der Waals surface area contributed by atoms with Gasteiger partial charge in [0.2, 0.25) is 0 Å². The third-order valence-electron chi connectivity index (χ3n) is 4.85. The Balaban J connectivity index is 2.02. The van der Waals surface area contributed by atoms with Crippen molar-refractivity contribution in [1.82, 2.24) is 5.32 Å². The molecule has 1 N–H and O–H groups in total. The van der Waals surface area contributed by atoms with Crippen molar-refractivity contribution in [2.75, 3.05) is 20.2 Å².